The second kappa shape index (κ2) is 5.51. The summed E-state index contributed by atoms with van der Waals surface area (Å²) in [5, 5.41) is 0. The van der Waals surface area contributed by atoms with Gasteiger partial charge in [0.15, 0.2) is 0 Å². The predicted molar refractivity (Wildman–Crippen MR) is 54.3 cm³/mol. The number of hydrogen-bond acceptors (Lipinski definition) is 2. The molecular formula is C11H15NO. The fraction of sp³-hybridized carbons (Fsp3) is 0.273. The average Bonchev–Trinajstić information content (AvgIpc) is 2.19. The number of hydrogen-bond donors (Lipinski definition) is 1. The highest BCUT2D eigenvalue weighted by molar-refractivity contribution is 5.13. The SMILES string of the molecule is C=C[C@@H](N)COCc1ccccc1. The van der Waals surface area contributed by atoms with Crippen molar-refractivity contribution in [2.75, 3.05) is 6.61 Å². The molecule has 0 bridgehead atoms. The Morgan fingerprint density at radius 2 is 2.08 bits per heavy atom. The summed E-state index contributed by atoms with van der Waals surface area (Å²) in [7, 11) is 0. The number of nitrogens with two attached hydrogens (primary N) is 1. The van der Waals surface area contributed by atoms with E-state index < -0.39 is 0 Å². The molecule has 2 heteroatoms. The van der Waals surface area contributed by atoms with Gasteiger partial charge in [0.25, 0.3) is 0 Å². The quantitative estimate of drug-likeness (QED) is 0.695. The predicted octanol–water partition coefficient (Wildman–Crippen LogP) is 1.72. The van der Waals surface area contributed by atoms with Gasteiger partial charge in [-0.25, -0.2) is 0 Å². The van der Waals surface area contributed by atoms with Gasteiger partial charge in [-0.15, -0.1) is 6.58 Å². The van der Waals surface area contributed by atoms with Crippen molar-refractivity contribution >= 4 is 0 Å². The summed E-state index contributed by atoms with van der Waals surface area (Å²) < 4.78 is 5.38. The van der Waals surface area contributed by atoms with Gasteiger partial charge in [-0.05, 0) is 5.56 Å². The zero-order valence-corrected chi connectivity index (χ0v) is 7.65. The van der Waals surface area contributed by atoms with E-state index in [4.69, 9.17) is 10.5 Å². The maximum absolute atomic E-state index is 5.59. The summed E-state index contributed by atoms with van der Waals surface area (Å²) in [5.41, 5.74) is 6.76. The molecule has 1 rings (SSSR count). The molecule has 0 aliphatic rings. The second-order valence-corrected chi connectivity index (χ2v) is 2.90. The number of ether oxygens (including phenoxy) is 1. The van der Waals surface area contributed by atoms with Crippen LogP contribution in [0.4, 0.5) is 0 Å². The van der Waals surface area contributed by atoms with Crippen LogP contribution in [0, 0.1) is 0 Å². The van der Waals surface area contributed by atoms with Gasteiger partial charge in [0.05, 0.1) is 13.2 Å². The zero-order valence-electron chi connectivity index (χ0n) is 7.65. The van der Waals surface area contributed by atoms with E-state index in [-0.39, 0.29) is 6.04 Å². The van der Waals surface area contributed by atoms with Crippen LogP contribution in [0.3, 0.4) is 0 Å². The lowest BCUT2D eigenvalue weighted by Crippen LogP contribution is -2.22. The van der Waals surface area contributed by atoms with Crippen LogP contribution in [-0.4, -0.2) is 12.6 Å². The molecule has 70 valence electrons. The van der Waals surface area contributed by atoms with E-state index in [9.17, 15) is 0 Å². The van der Waals surface area contributed by atoms with E-state index in [1.54, 1.807) is 6.08 Å². The first-order chi connectivity index (χ1) is 6.33. The standard InChI is InChI=1S/C11H15NO/c1-2-11(12)9-13-8-10-6-4-3-5-7-10/h2-7,11H,1,8-9,12H2/t11-/m1/s1. The molecule has 2 N–H and O–H groups in total. The Morgan fingerprint density at radius 3 is 2.69 bits per heavy atom. The molecule has 0 aliphatic heterocycles. The summed E-state index contributed by atoms with van der Waals surface area (Å²) in [4.78, 5) is 0. The van der Waals surface area contributed by atoms with Crippen molar-refractivity contribution in [3.8, 4) is 0 Å². The van der Waals surface area contributed by atoms with Crippen LogP contribution in [0.15, 0.2) is 43.0 Å². The Morgan fingerprint density at radius 1 is 1.38 bits per heavy atom. The molecule has 0 aromatic heterocycles. The second-order valence-electron chi connectivity index (χ2n) is 2.90. The molecule has 0 saturated heterocycles. The van der Waals surface area contributed by atoms with Crippen molar-refractivity contribution in [1.82, 2.24) is 0 Å². The van der Waals surface area contributed by atoms with Crippen LogP contribution in [-0.2, 0) is 11.3 Å². The summed E-state index contributed by atoms with van der Waals surface area (Å²) in [6.45, 7) is 4.72. The smallest absolute Gasteiger partial charge is 0.0717 e. The highest BCUT2D eigenvalue weighted by atomic mass is 16.5. The van der Waals surface area contributed by atoms with Gasteiger partial charge >= 0.3 is 0 Å². The monoisotopic (exact) mass is 177 g/mol. The van der Waals surface area contributed by atoms with Crippen LogP contribution in [0.1, 0.15) is 5.56 Å². The van der Waals surface area contributed by atoms with Gasteiger partial charge < -0.3 is 10.5 Å². The molecule has 13 heavy (non-hydrogen) atoms. The van der Waals surface area contributed by atoms with Crippen molar-refractivity contribution in [3.05, 3.63) is 48.6 Å². The summed E-state index contributed by atoms with van der Waals surface area (Å²) in [5.74, 6) is 0. The molecule has 0 fully saturated rings. The molecule has 0 spiro atoms. The van der Waals surface area contributed by atoms with Crippen LogP contribution in [0.25, 0.3) is 0 Å². The van der Waals surface area contributed by atoms with Crippen LogP contribution < -0.4 is 5.73 Å². The highest BCUT2D eigenvalue weighted by Crippen LogP contribution is 2.00. The highest BCUT2D eigenvalue weighted by Gasteiger charge is 1.96. The Labute approximate surface area is 79.0 Å². The third-order valence-corrected chi connectivity index (χ3v) is 1.72. The Bertz CT molecular complexity index is 246. The first-order valence-electron chi connectivity index (χ1n) is 4.32. The van der Waals surface area contributed by atoms with E-state index in [0.29, 0.717) is 13.2 Å². The molecule has 0 radical (unpaired) electrons. The van der Waals surface area contributed by atoms with E-state index in [2.05, 4.69) is 6.58 Å². The Balaban J connectivity index is 2.24. The average molecular weight is 177 g/mol. The van der Waals surface area contributed by atoms with Crippen LogP contribution in [0.5, 0.6) is 0 Å². The summed E-state index contributed by atoms with van der Waals surface area (Å²) in [6.07, 6.45) is 1.69. The fourth-order valence-corrected chi connectivity index (χ4v) is 0.955. The Hall–Kier alpha value is -1.12. The van der Waals surface area contributed by atoms with Crippen LogP contribution in [0.2, 0.25) is 0 Å². The maximum Gasteiger partial charge on any atom is 0.0717 e. The molecule has 1 aromatic rings. The van der Waals surface area contributed by atoms with Gasteiger partial charge in [-0.2, -0.15) is 0 Å². The van der Waals surface area contributed by atoms with E-state index in [1.807, 2.05) is 30.3 Å². The summed E-state index contributed by atoms with van der Waals surface area (Å²) >= 11 is 0. The number of rotatable bonds is 5. The molecule has 0 heterocycles. The lowest BCUT2D eigenvalue weighted by Gasteiger charge is -2.07. The van der Waals surface area contributed by atoms with Crippen LogP contribution >= 0.6 is 0 Å². The normalized spacial score (nSPS) is 12.4. The summed E-state index contributed by atoms with van der Waals surface area (Å²) in [6, 6.07) is 9.96. The molecule has 0 aliphatic carbocycles. The minimum absolute atomic E-state index is 0.0660. The van der Waals surface area contributed by atoms with Crippen molar-refractivity contribution in [2.45, 2.75) is 12.6 Å². The minimum atomic E-state index is -0.0660. The molecule has 0 unspecified atom stereocenters. The van der Waals surface area contributed by atoms with Crippen molar-refractivity contribution in [2.24, 2.45) is 5.73 Å². The topological polar surface area (TPSA) is 35.2 Å². The van der Waals surface area contributed by atoms with E-state index in [1.165, 1.54) is 5.56 Å². The number of benzene rings is 1. The third-order valence-electron chi connectivity index (χ3n) is 1.72. The van der Waals surface area contributed by atoms with Gasteiger partial charge in [0.1, 0.15) is 0 Å². The van der Waals surface area contributed by atoms with Gasteiger partial charge in [-0.1, -0.05) is 36.4 Å². The minimum Gasteiger partial charge on any atom is -0.375 e. The van der Waals surface area contributed by atoms with Gasteiger partial charge in [0, 0.05) is 6.04 Å². The largest absolute Gasteiger partial charge is 0.375 e. The van der Waals surface area contributed by atoms with Gasteiger partial charge in [-0.3, -0.25) is 0 Å². The maximum atomic E-state index is 5.59. The Kier molecular flexibility index (Phi) is 4.23. The van der Waals surface area contributed by atoms with Gasteiger partial charge in [0.2, 0.25) is 0 Å². The van der Waals surface area contributed by atoms with E-state index >= 15 is 0 Å². The lowest BCUT2D eigenvalue weighted by molar-refractivity contribution is 0.116. The van der Waals surface area contributed by atoms with E-state index in [0.717, 1.165) is 0 Å². The molecular weight excluding hydrogens is 162 g/mol. The third kappa shape index (κ3) is 3.87. The molecule has 2 nitrogen and oxygen atoms in total. The molecule has 0 saturated carbocycles. The molecule has 1 atom stereocenters. The zero-order chi connectivity index (χ0) is 9.52. The van der Waals surface area contributed by atoms with Crippen molar-refractivity contribution in [3.63, 3.8) is 0 Å². The van der Waals surface area contributed by atoms with Crippen molar-refractivity contribution in [1.29, 1.82) is 0 Å². The first kappa shape index (κ1) is 9.96. The molecule has 0 amide bonds. The first-order valence-corrected chi connectivity index (χ1v) is 4.32. The lowest BCUT2D eigenvalue weighted by atomic mass is 10.2. The fourth-order valence-electron chi connectivity index (χ4n) is 0.955. The van der Waals surface area contributed by atoms with Crippen molar-refractivity contribution < 1.29 is 4.74 Å². The molecule has 1 aromatic carbocycles.